The Labute approximate surface area is 178 Å². The standard InChI is InChI=1S/C23H19N5O3/c1-14-6-7-15(8-20(14)31-19-5-3-2-4-16(19)10-24)17-9-22(29)28(13-17)21-12-26-11-18(27-21)23(25)30/h2-8,11-12,17H,9,13H2,1H3,(H2,25,30)/t17-/m0/s1. The fourth-order valence-electron chi connectivity index (χ4n) is 3.50. The molecule has 1 saturated heterocycles. The summed E-state index contributed by atoms with van der Waals surface area (Å²) in [6.07, 6.45) is 3.00. The maximum Gasteiger partial charge on any atom is 0.268 e. The van der Waals surface area contributed by atoms with Crippen molar-refractivity contribution in [1.82, 2.24) is 9.97 Å². The number of primary amides is 1. The number of carbonyl (C=O) groups is 2. The van der Waals surface area contributed by atoms with Crippen LogP contribution in [0.25, 0.3) is 0 Å². The van der Waals surface area contributed by atoms with Crippen molar-refractivity contribution < 1.29 is 14.3 Å². The van der Waals surface area contributed by atoms with Crippen LogP contribution in [0.15, 0.2) is 54.9 Å². The molecular weight excluding hydrogens is 394 g/mol. The first-order valence-electron chi connectivity index (χ1n) is 9.66. The molecule has 0 aliphatic carbocycles. The first-order valence-corrected chi connectivity index (χ1v) is 9.66. The molecule has 8 nitrogen and oxygen atoms in total. The Morgan fingerprint density at radius 3 is 2.81 bits per heavy atom. The van der Waals surface area contributed by atoms with E-state index in [9.17, 15) is 14.9 Å². The number of carbonyl (C=O) groups excluding carboxylic acids is 2. The number of ether oxygens (including phenoxy) is 1. The minimum atomic E-state index is -0.699. The van der Waals surface area contributed by atoms with Gasteiger partial charge in [0.25, 0.3) is 5.91 Å². The molecule has 1 fully saturated rings. The molecule has 2 aromatic carbocycles. The van der Waals surface area contributed by atoms with Gasteiger partial charge in [-0.1, -0.05) is 24.3 Å². The molecule has 1 aliphatic rings. The van der Waals surface area contributed by atoms with Crippen LogP contribution in [0.3, 0.4) is 0 Å². The van der Waals surface area contributed by atoms with Crippen LogP contribution >= 0.6 is 0 Å². The molecule has 0 radical (unpaired) electrons. The summed E-state index contributed by atoms with van der Waals surface area (Å²) in [6.45, 7) is 2.32. The fourth-order valence-corrected chi connectivity index (χ4v) is 3.50. The zero-order valence-electron chi connectivity index (χ0n) is 16.8. The average molecular weight is 413 g/mol. The molecule has 2 amide bonds. The lowest BCUT2D eigenvalue weighted by atomic mass is 9.97. The number of aryl methyl sites for hydroxylation is 1. The Kier molecular flexibility index (Phi) is 5.33. The average Bonchev–Trinajstić information content (AvgIpc) is 3.17. The molecule has 1 aromatic heterocycles. The third-order valence-electron chi connectivity index (χ3n) is 5.19. The number of amides is 2. The second-order valence-corrected chi connectivity index (χ2v) is 7.27. The van der Waals surface area contributed by atoms with Gasteiger partial charge in [-0.25, -0.2) is 4.98 Å². The van der Waals surface area contributed by atoms with Crippen LogP contribution in [0.4, 0.5) is 5.82 Å². The highest BCUT2D eigenvalue weighted by Crippen LogP contribution is 2.35. The summed E-state index contributed by atoms with van der Waals surface area (Å²) in [5.41, 5.74) is 7.58. The molecule has 0 unspecified atom stereocenters. The molecule has 8 heteroatoms. The second kappa shape index (κ2) is 8.24. The van der Waals surface area contributed by atoms with E-state index in [1.54, 1.807) is 18.2 Å². The number of aromatic nitrogens is 2. The van der Waals surface area contributed by atoms with Crippen molar-refractivity contribution in [2.45, 2.75) is 19.3 Å². The van der Waals surface area contributed by atoms with E-state index in [2.05, 4.69) is 16.0 Å². The van der Waals surface area contributed by atoms with E-state index < -0.39 is 5.91 Å². The van der Waals surface area contributed by atoms with Crippen LogP contribution in [0.5, 0.6) is 11.5 Å². The summed E-state index contributed by atoms with van der Waals surface area (Å²) in [6, 6.07) is 15.0. The van der Waals surface area contributed by atoms with Crippen molar-refractivity contribution in [1.29, 1.82) is 5.26 Å². The summed E-state index contributed by atoms with van der Waals surface area (Å²) >= 11 is 0. The van der Waals surface area contributed by atoms with Gasteiger partial charge in [-0.05, 0) is 36.2 Å². The quantitative estimate of drug-likeness (QED) is 0.686. The van der Waals surface area contributed by atoms with Gasteiger partial charge in [-0.2, -0.15) is 5.26 Å². The largest absolute Gasteiger partial charge is 0.456 e. The highest BCUT2D eigenvalue weighted by molar-refractivity contribution is 5.96. The van der Waals surface area contributed by atoms with E-state index in [0.717, 1.165) is 11.1 Å². The Bertz CT molecular complexity index is 1220. The molecule has 4 rings (SSSR count). The molecule has 1 atom stereocenters. The zero-order valence-corrected chi connectivity index (χ0v) is 16.8. The Morgan fingerprint density at radius 2 is 2.03 bits per heavy atom. The number of hydrogen-bond acceptors (Lipinski definition) is 6. The van der Waals surface area contributed by atoms with Crippen molar-refractivity contribution in [2.75, 3.05) is 11.4 Å². The van der Waals surface area contributed by atoms with Crippen LogP contribution in [-0.4, -0.2) is 28.3 Å². The molecule has 31 heavy (non-hydrogen) atoms. The molecule has 0 saturated carbocycles. The van der Waals surface area contributed by atoms with Gasteiger partial charge in [0.15, 0.2) is 5.82 Å². The number of rotatable bonds is 5. The molecule has 0 spiro atoms. The molecule has 0 bridgehead atoms. The second-order valence-electron chi connectivity index (χ2n) is 7.27. The topological polar surface area (TPSA) is 122 Å². The summed E-state index contributed by atoms with van der Waals surface area (Å²) in [7, 11) is 0. The summed E-state index contributed by atoms with van der Waals surface area (Å²) in [5.74, 6) is 0.514. The van der Waals surface area contributed by atoms with Gasteiger partial charge < -0.3 is 10.5 Å². The zero-order chi connectivity index (χ0) is 22.0. The Hall–Kier alpha value is -4.25. The molecule has 3 aromatic rings. The number of anilines is 1. The number of nitrogens with two attached hydrogens (primary N) is 1. The van der Waals surface area contributed by atoms with E-state index in [0.29, 0.717) is 35.8 Å². The van der Waals surface area contributed by atoms with Crippen LogP contribution in [-0.2, 0) is 4.79 Å². The van der Waals surface area contributed by atoms with Crippen LogP contribution in [0.2, 0.25) is 0 Å². The third kappa shape index (κ3) is 4.07. The van der Waals surface area contributed by atoms with Crippen LogP contribution in [0.1, 0.15) is 39.5 Å². The molecule has 2 N–H and O–H groups in total. The highest BCUT2D eigenvalue weighted by atomic mass is 16.5. The lowest BCUT2D eigenvalue weighted by Gasteiger charge is -2.17. The van der Waals surface area contributed by atoms with Crippen LogP contribution in [0, 0.1) is 18.3 Å². The predicted molar refractivity (Wildman–Crippen MR) is 113 cm³/mol. The number of nitriles is 1. The maximum absolute atomic E-state index is 12.6. The van der Waals surface area contributed by atoms with Crippen molar-refractivity contribution in [3.8, 4) is 17.6 Å². The summed E-state index contributed by atoms with van der Waals surface area (Å²) < 4.78 is 6.02. The maximum atomic E-state index is 12.6. The summed E-state index contributed by atoms with van der Waals surface area (Å²) in [4.78, 5) is 33.7. The van der Waals surface area contributed by atoms with E-state index >= 15 is 0 Å². The van der Waals surface area contributed by atoms with E-state index in [1.807, 2.05) is 31.2 Å². The van der Waals surface area contributed by atoms with Gasteiger partial charge in [0.1, 0.15) is 23.3 Å². The van der Waals surface area contributed by atoms with Gasteiger partial charge >= 0.3 is 0 Å². The van der Waals surface area contributed by atoms with Gasteiger partial charge in [0.05, 0.1) is 18.0 Å². The van der Waals surface area contributed by atoms with E-state index in [-0.39, 0.29) is 17.5 Å². The normalized spacial score (nSPS) is 15.5. The Balaban J connectivity index is 1.59. The minimum Gasteiger partial charge on any atom is -0.456 e. The predicted octanol–water partition coefficient (Wildman–Crippen LogP) is 3.07. The third-order valence-corrected chi connectivity index (χ3v) is 5.19. The van der Waals surface area contributed by atoms with Crippen molar-refractivity contribution in [2.24, 2.45) is 5.73 Å². The van der Waals surface area contributed by atoms with Crippen molar-refractivity contribution in [3.05, 3.63) is 77.2 Å². The van der Waals surface area contributed by atoms with E-state index in [1.165, 1.54) is 17.3 Å². The van der Waals surface area contributed by atoms with E-state index in [4.69, 9.17) is 10.5 Å². The van der Waals surface area contributed by atoms with Crippen LogP contribution < -0.4 is 15.4 Å². The highest BCUT2D eigenvalue weighted by Gasteiger charge is 2.33. The first-order chi connectivity index (χ1) is 15.0. The Morgan fingerprint density at radius 1 is 1.23 bits per heavy atom. The number of benzene rings is 2. The summed E-state index contributed by atoms with van der Waals surface area (Å²) in [5, 5.41) is 9.30. The number of nitrogens with zero attached hydrogens (tertiary/aromatic N) is 4. The van der Waals surface area contributed by atoms with Gasteiger partial charge in [-0.15, -0.1) is 0 Å². The lowest BCUT2D eigenvalue weighted by Crippen LogP contribution is -2.26. The first kappa shape index (κ1) is 20.0. The molecular formula is C23H19N5O3. The SMILES string of the molecule is Cc1ccc([C@H]2CC(=O)N(c3cncc(C(N)=O)n3)C2)cc1Oc1ccccc1C#N. The van der Waals surface area contributed by atoms with Gasteiger partial charge in [0, 0.05) is 18.9 Å². The number of hydrogen-bond donors (Lipinski definition) is 1. The van der Waals surface area contributed by atoms with Crippen molar-refractivity contribution in [3.63, 3.8) is 0 Å². The van der Waals surface area contributed by atoms with Crippen molar-refractivity contribution >= 4 is 17.6 Å². The molecule has 154 valence electrons. The minimum absolute atomic E-state index is 0.0101. The fraction of sp³-hybridized carbons (Fsp3) is 0.174. The lowest BCUT2D eigenvalue weighted by molar-refractivity contribution is -0.117. The van der Waals surface area contributed by atoms with Gasteiger partial charge in [0.2, 0.25) is 5.91 Å². The molecule has 1 aliphatic heterocycles. The molecule has 2 heterocycles. The smallest absolute Gasteiger partial charge is 0.268 e. The number of para-hydroxylation sites is 1. The monoisotopic (exact) mass is 413 g/mol. The van der Waals surface area contributed by atoms with Gasteiger partial charge in [-0.3, -0.25) is 19.5 Å².